The van der Waals surface area contributed by atoms with E-state index >= 15 is 0 Å². The third kappa shape index (κ3) is 3.66. The third-order valence-corrected chi connectivity index (χ3v) is 4.04. The van der Waals surface area contributed by atoms with Gasteiger partial charge in [-0.25, -0.2) is 15.0 Å². The van der Waals surface area contributed by atoms with Gasteiger partial charge in [0, 0.05) is 43.9 Å². The molecule has 1 amide bonds. The van der Waals surface area contributed by atoms with Gasteiger partial charge in [0.05, 0.1) is 0 Å². The van der Waals surface area contributed by atoms with E-state index in [4.69, 9.17) is 0 Å². The molecule has 1 saturated heterocycles. The van der Waals surface area contributed by atoms with Crippen LogP contribution in [0.5, 0.6) is 0 Å². The zero-order valence-corrected chi connectivity index (χ0v) is 12.5. The summed E-state index contributed by atoms with van der Waals surface area (Å²) in [6.45, 7) is 2.35. The lowest BCUT2D eigenvalue weighted by atomic mass is 9.94. The fraction of sp³-hybridized carbons (Fsp3) is 0.533. The van der Waals surface area contributed by atoms with Crippen LogP contribution >= 0.6 is 0 Å². The third-order valence-electron chi connectivity index (χ3n) is 4.04. The average Bonchev–Trinajstić information content (AvgIpc) is 3.09. The van der Waals surface area contributed by atoms with Crippen molar-refractivity contribution in [3.63, 3.8) is 0 Å². The molecule has 0 radical (unpaired) electrons. The van der Waals surface area contributed by atoms with Crippen LogP contribution in [0.4, 0.5) is 0 Å². The molecule has 116 valence electrons. The lowest BCUT2D eigenvalue weighted by Gasteiger charge is -2.32. The Bertz CT molecular complexity index is 585. The summed E-state index contributed by atoms with van der Waals surface area (Å²) in [7, 11) is 0. The predicted octanol–water partition coefficient (Wildman–Crippen LogP) is 1.25. The zero-order chi connectivity index (χ0) is 15.2. The quantitative estimate of drug-likeness (QED) is 0.830. The maximum Gasteiger partial charge on any atom is 0.222 e. The van der Waals surface area contributed by atoms with E-state index < -0.39 is 0 Å². The van der Waals surface area contributed by atoms with Crippen molar-refractivity contribution in [1.29, 1.82) is 0 Å². The molecule has 7 nitrogen and oxygen atoms in total. The van der Waals surface area contributed by atoms with Crippen LogP contribution in [0.2, 0.25) is 0 Å². The van der Waals surface area contributed by atoms with Crippen molar-refractivity contribution in [3.05, 3.63) is 36.9 Å². The first-order valence-corrected chi connectivity index (χ1v) is 7.69. The molecular formula is C15H20N6O. The fourth-order valence-corrected chi connectivity index (χ4v) is 2.89. The highest BCUT2D eigenvalue weighted by Gasteiger charge is 2.25. The van der Waals surface area contributed by atoms with E-state index in [9.17, 15) is 4.79 Å². The molecule has 0 unspecified atom stereocenters. The highest BCUT2D eigenvalue weighted by Crippen LogP contribution is 2.25. The molecule has 0 N–H and O–H groups in total. The largest absolute Gasteiger partial charge is 0.342 e. The Balaban J connectivity index is 1.49. The number of rotatable bonds is 5. The van der Waals surface area contributed by atoms with E-state index in [2.05, 4.69) is 20.1 Å². The van der Waals surface area contributed by atoms with Crippen LogP contribution in [0.25, 0.3) is 0 Å². The summed E-state index contributed by atoms with van der Waals surface area (Å²) in [5, 5.41) is 4.04. The summed E-state index contributed by atoms with van der Waals surface area (Å²) in [5.41, 5.74) is 1.04. The van der Waals surface area contributed by atoms with Crippen LogP contribution in [0.3, 0.4) is 0 Å². The van der Waals surface area contributed by atoms with Crippen LogP contribution in [0, 0.1) is 0 Å². The predicted molar refractivity (Wildman–Crippen MR) is 79.8 cm³/mol. The van der Waals surface area contributed by atoms with E-state index in [1.54, 1.807) is 23.5 Å². The van der Waals surface area contributed by atoms with Crippen LogP contribution < -0.4 is 0 Å². The van der Waals surface area contributed by atoms with E-state index in [0.717, 1.165) is 44.6 Å². The normalized spacial score (nSPS) is 18.4. The van der Waals surface area contributed by atoms with Gasteiger partial charge < -0.3 is 4.90 Å². The Kier molecular flexibility index (Phi) is 4.72. The number of carbonyl (C=O) groups excluding carboxylic acids is 1. The fourth-order valence-electron chi connectivity index (χ4n) is 2.89. The summed E-state index contributed by atoms with van der Waals surface area (Å²) in [5.74, 6) is 0.551. The first-order chi connectivity index (χ1) is 10.8. The van der Waals surface area contributed by atoms with Crippen molar-refractivity contribution < 1.29 is 4.79 Å². The van der Waals surface area contributed by atoms with E-state index in [0.29, 0.717) is 12.3 Å². The highest BCUT2D eigenvalue weighted by atomic mass is 16.2. The van der Waals surface area contributed by atoms with Gasteiger partial charge in [0.25, 0.3) is 0 Å². The molecule has 1 aliphatic heterocycles. The zero-order valence-electron chi connectivity index (χ0n) is 12.5. The molecule has 0 bridgehead atoms. The molecule has 0 spiro atoms. The topological polar surface area (TPSA) is 76.8 Å². The Morgan fingerprint density at radius 2 is 2.27 bits per heavy atom. The number of amides is 1. The molecular weight excluding hydrogens is 280 g/mol. The number of piperidine rings is 1. The molecule has 1 aliphatic rings. The van der Waals surface area contributed by atoms with E-state index in [-0.39, 0.29) is 5.91 Å². The van der Waals surface area contributed by atoms with Gasteiger partial charge in [-0.3, -0.25) is 9.48 Å². The number of hydrogen-bond acceptors (Lipinski definition) is 5. The second-order valence-corrected chi connectivity index (χ2v) is 5.58. The van der Waals surface area contributed by atoms with Crippen LogP contribution in [-0.4, -0.2) is 48.6 Å². The summed E-state index contributed by atoms with van der Waals surface area (Å²) < 4.78 is 1.76. The van der Waals surface area contributed by atoms with Crippen molar-refractivity contribution in [2.24, 2.45) is 0 Å². The number of aromatic nitrogens is 5. The van der Waals surface area contributed by atoms with Gasteiger partial charge in [0.1, 0.15) is 19.0 Å². The molecule has 2 aromatic rings. The van der Waals surface area contributed by atoms with Crippen molar-refractivity contribution in [2.75, 3.05) is 13.1 Å². The van der Waals surface area contributed by atoms with Crippen molar-refractivity contribution in [3.8, 4) is 0 Å². The number of carbonyl (C=O) groups is 1. The first-order valence-electron chi connectivity index (χ1n) is 7.69. The lowest BCUT2D eigenvalue weighted by molar-refractivity contribution is -0.132. The first kappa shape index (κ1) is 14.6. The van der Waals surface area contributed by atoms with Gasteiger partial charge in [-0.05, 0) is 25.3 Å². The maximum absolute atomic E-state index is 12.4. The maximum atomic E-state index is 12.4. The number of likely N-dealkylation sites (tertiary alicyclic amines) is 1. The second-order valence-electron chi connectivity index (χ2n) is 5.58. The second kappa shape index (κ2) is 7.11. The number of aryl methyl sites for hydroxylation is 1. The minimum absolute atomic E-state index is 0.221. The van der Waals surface area contributed by atoms with Crippen LogP contribution in [0.15, 0.2) is 31.2 Å². The van der Waals surface area contributed by atoms with Gasteiger partial charge in [0.15, 0.2) is 0 Å². The molecule has 0 saturated carbocycles. The van der Waals surface area contributed by atoms with E-state index in [1.165, 1.54) is 6.33 Å². The van der Waals surface area contributed by atoms with Crippen LogP contribution in [0.1, 0.15) is 37.3 Å². The average molecular weight is 300 g/mol. The molecule has 3 heterocycles. The van der Waals surface area contributed by atoms with Gasteiger partial charge in [0.2, 0.25) is 5.91 Å². The standard InChI is InChI=1S/C15H20N6O/c22-15(4-2-8-21-12-17-11-19-21)20-7-1-3-13(9-20)14-5-6-16-10-18-14/h5-6,10-13H,1-4,7-9H2/t13-/m0/s1. The molecule has 1 atom stereocenters. The summed E-state index contributed by atoms with van der Waals surface area (Å²) in [6, 6.07) is 1.95. The Morgan fingerprint density at radius 3 is 3.05 bits per heavy atom. The minimum Gasteiger partial charge on any atom is -0.342 e. The molecule has 7 heteroatoms. The molecule has 3 rings (SSSR count). The number of hydrogen-bond donors (Lipinski definition) is 0. The van der Waals surface area contributed by atoms with Crippen LogP contribution in [-0.2, 0) is 11.3 Å². The molecule has 22 heavy (non-hydrogen) atoms. The molecule has 0 aliphatic carbocycles. The SMILES string of the molecule is O=C(CCCn1cncn1)N1CCC[C@H](c2ccncn2)C1. The van der Waals surface area contributed by atoms with Crippen molar-refractivity contribution >= 4 is 5.91 Å². The summed E-state index contributed by atoms with van der Waals surface area (Å²) >= 11 is 0. The molecule has 2 aromatic heterocycles. The van der Waals surface area contributed by atoms with Gasteiger partial charge in [-0.1, -0.05) is 0 Å². The number of nitrogens with zero attached hydrogens (tertiary/aromatic N) is 6. The van der Waals surface area contributed by atoms with Gasteiger partial charge in [-0.15, -0.1) is 0 Å². The molecule has 0 aromatic carbocycles. The Hall–Kier alpha value is -2.31. The minimum atomic E-state index is 0.221. The smallest absolute Gasteiger partial charge is 0.222 e. The van der Waals surface area contributed by atoms with Crippen molar-refractivity contribution in [2.45, 2.75) is 38.1 Å². The van der Waals surface area contributed by atoms with Gasteiger partial charge >= 0.3 is 0 Å². The Labute approximate surface area is 129 Å². The van der Waals surface area contributed by atoms with Gasteiger partial charge in [-0.2, -0.15) is 5.10 Å². The monoisotopic (exact) mass is 300 g/mol. The lowest BCUT2D eigenvalue weighted by Crippen LogP contribution is -2.39. The van der Waals surface area contributed by atoms with E-state index in [1.807, 2.05) is 11.0 Å². The summed E-state index contributed by atoms with van der Waals surface area (Å²) in [6.07, 6.45) is 9.99. The highest BCUT2D eigenvalue weighted by molar-refractivity contribution is 5.76. The Morgan fingerprint density at radius 1 is 1.32 bits per heavy atom. The van der Waals surface area contributed by atoms with Crippen molar-refractivity contribution in [1.82, 2.24) is 29.6 Å². The summed E-state index contributed by atoms with van der Waals surface area (Å²) in [4.78, 5) is 26.5. The molecule has 1 fully saturated rings.